The summed E-state index contributed by atoms with van der Waals surface area (Å²) in [5.74, 6) is -1.91. The van der Waals surface area contributed by atoms with E-state index in [2.05, 4.69) is 9.97 Å². The van der Waals surface area contributed by atoms with E-state index in [1.54, 1.807) is 11.1 Å². The quantitative estimate of drug-likeness (QED) is 0.813. The van der Waals surface area contributed by atoms with Crippen LogP contribution >= 0.6 is 0 Å². The minimum atomic E-state index is -0.945. The molecule has 0 spiro atoms. The van der Waals surface area contributed by atoms with E-state index >= 15 is 0 Å². The Kier molecular flexibility index (Phi) is 4.93. The van der Waals surface area contributed by atoms with Crippen molar-refractivity contribution < 1.29 is 13.6 Å². The average Bonchev–Trinajstić information content (AvgIpc) is 2.63. The predicted octanol–water partition coefficient (Wildman–Crippen LogP) is 3.17. The van der Waals surface area contributed by atoms with Gasteiger partial charge in [0.05, 0.1) is 0 Å². The standard InChI is InChI=1S/C18H17F2N3O/c19-15-5-1-3-13(18(15)20)6-7-17(24)23-10-2-4-14(11-23)16-8-9-21-12-22-16/h1,3,5-9,12,14H,2,4,10-11H2/b7-6+/t14-/m1/s1. The second-order valence-corrected chi connectivity index (χ2v) is 5.73. The van der Waals surface area contributed by atoms with Gasteiger partial charge in [0.1, 0.15) is 6.33 Å². The average molecular weight is 329 g/mol. The number of halogens is 2. The Balaban J connectivity index is 1.68. The molecule has 3 rings (SSSR count). The van der Waals surface area contributed by atoms with Gasteiger partial charge in [-0.2, -0.15) is 0 Å². The van der Waals surface area contributed by atoms with Crippen molar-refractivity contribution in [1.82, 2.24) is 14.9 Å². The Labute approximate surface area is 138 Å². The molecule has 6 heteroatoms. The molecule has 1 aromatic heterocycles. The number of likely N-dealkylation sites (tertiary alicyclic amines) is 1. The third kappa shape index (κ3) is 3.64. The number of piperidine rings is 1. The summed E-state index contributed by atoms with van der Waals surface area (Å²) in [6.45, 7) is 1.21. The van der Waals surface area contributed by atoms with Gasteiger partial charge in [0.15, 0.2) is 11.6 Å². The fraction of sp³-hybridized carbons (Fsp3) is 0.278. The van der Waals surface area contributed by atoms with Gasteiger partial charge in [-0.05, 0) is 31.1 Å². The van der Waals surface area contributed by atoms with Crippen LogP contribution in [0.4, 0.5) is 8.78 Å². The number of hydrogen-bond acceptors (Lipinski definition) is 3. The topological polar surface area (TPSA) is 46.1 Å². The van der Waals surface area contributed by atoms with E-state index in [9.17, 15) is 13.6 Å². The molecule has 0 unspecified atom stereocenters. The summed E-state index contributed by atoms with van der Waals surface area (Å²) in [4.78, 5) is 22.2. The molecule has 24 heavy (non-hydrogen) atoms. The molecular weight excluding hydrogens is 312 g/mol. The predicted molar refractivity (Wildman–Crippen MR) is 86.0 cm³/mol. The first-order valence-electron chi connectivity index (χ1n) is 7.82. The molecule has 124 valence electrons. The summed E-state index contributed by atoms with van der Waals surface area (Å²) in [5.41, 5.74) is 0.982. The van der Waals surface area contributed by atoms with Crippen molar-refractivity contribution in [3.05, 3.63) is 65.8 Å². The Bertz CT molecular complexity index is 749. The fourth-order valence-electron chi connectivity index (χ4n) is 2.88. The largest absolute Gasteiger partial charge is 0.338 e. The normalized spacial score (nSPS) is 18.1. The van der Waals surface area contributed by atoms with Gasteiger partial charge in [0, 0.05) is 42.5 Å². The van der Waals surface area contributed by atoms with Gasteiger partial charge in [-0.25, -0.2) is 18.7 Å². The van der Waals surface area contributed by atoms with Crippen molar-refractivity contribution in [2.24, 2.45) is 0 Å². The van der Waals surface area contributed by atoms with E-state index in [0.29, 0.717) is 13.1 Å². The number of carbonyl (C=O) groups excluding carboxylic acids is 1. The van der Waals surface area contributed by atoms with Gasteiger partial charge >= 0.3 is 0 Å². The van der Waals surface area contributed by atoms with Gasteiger partial charge in [0.25, 0.3) is 0 Å². The molecule has 0 radical (unpaired) electrons. The third-order valence-corrected chi connectivity index (χ3v) is 4.14. The molecule has 0 saturated carbocycles. The summed E-state index contributed by atoms with van der Waals surface area (Å²) < 4.78 is 26.8. The smallest absolute Gasteiger partial charge is 0.246 e. The van der Waals surface area contributed by atoms with Crippen LogP contribution in [0.3, 0.4) is 0 Å². The fourth-order valence-corrected chi connectivity index (χ4v) is 2.88. The highest BCUT2D eigenvalue weighted by Crippen LogP contribution is 2.25. The maximum atomic E-state index is 13.6. The zero-order valence-corrected chi connectivity index (χ0v) is 13.0. The monoisotopic (exact) mass is 329 g/mol. The number of hydrogen-bond donors (Lipinski definition) is 0. The molecule has 1 aromatic carbocycles. The summed E-state index contributed by atoms with van der Waals surface area (Å²) in [7, 11) is 0. The third-order valence-electron chi connectivity index (χ3n) is 4.14. The van der Waals surface area contributed by atoms with Crippen molar-refractivity contribution in [2.75, 3.05) is 13.1 Å². The van der Waals surface area contributed by atoms with Crippen LogP contribution in [-0.2, 0) is 4.79 Å². The minimum absolute atomic E-state index is 0.0627. The SMILES string of the molecule is O=C(/C=C/c1cccc(F)c1F)N1CCC[C@@H](c2ccncn2)C1. The van der Waals surface area contributed by atoms with Crippen LogP contribution in [0.25, 0.3) is 6.08 Å². The number of amides is 1. The number of rotatable bonds is 3. The van der Waals surface area contributed by atoms with E-state index in [1.165, 1.54) is 30.6 Å². The van der Waals surface area contributed by atoms with Crippen molar-refractivity contribution in [2.45, 2.75) is 18.8 Å². The number of benzene rings is 1. The lowest BCUT2D eigenvalue weighted by Crippen LogP contribution is -2.38. The Morgan fingerprint density at radius 3 is 2.96 bits per heavy atom. The van der Waals surface area contributed by atoms with Gasteiger partial charge in [-0.15, -0.1) is 0 Å². The molecule has 1 fully saturated rings. The van der Waals surface area contributed by atoms with Crippen LogP contribution in [0, 0.1) is 11.6 Å². The van der Waals surface area contributed by atoms with Crippen LogP contribution in [-0.4, -0.2) is 33.9 Å². The molecule has 1 aliphatic heterocycles. The molecule has 4 nitrogen and oxygen atoms in total. The number of carbonyl (C=O) groups is 1. The minimum Gasteiger partial charge on any atom is -0.338 e. The molecule has 2 aromatic rings. The maximum absolute atomic E-state index is 13.6. The first kappa shape index (κ1) is 16.2. The van der Waals surface area contributed by atoms with Crippen molar-refractivity contribution >= 4 is 12.0 Å². The molecule has 1 saturated heterocycles. The molecular formula is C18H17F2N3O. The molecule has 1 atom stereocenters. The molecule has 0 aliphatic carbocycles. The first-order chi connectivity index (χ1) is 11.6. The van der Waals surface area contributed by atoms with Gasteiger partial charge < -0.3 is 4.90 Å². The lowest BCUT2D eigenvalue weighted by Gasteiger charge is -2.31. The van der Waals surface area contributed by atoms with E-state index in [4.69, 9.17) is 0 Å². The van der Waals surface area contributed by atoms with Crippen LogP contribution in [0.1, 0.15) is 30.0 Å². The highest BCUT2D eigenvalue weighted by molar-refractivity contribution is 5.91. The summed E-state index contributed by atoms with van der Waals surface area (Å²) in [6, 6.07) is 5.75. The lowest BCUT2D eigenvalue weighted by molar-refractivity contribution is -0.127. The molecule has 1 aliphatic rings. The van der Waals surface area contributed by atoms with Crippen LogP contribution in [0.5, 0.6) is 0 Å². The molecule has 2 heterocycles. The lowest BCUT2D eigenvalue weighted by atomic mass is 9.94. The Hall–Kier alpha value is -2.63. The van der Waals surface area contributed by atoms with Crippen LogP contribution in [0.15, 0.2) is 42.9 Å². The Morgan fingerprint density at radius 1 is 1.29 bits per heavy atom. The van der Waals surface area contributed by atoms with Crippen LogP contribution in [0.2, 0.25) is 0 Å². The maximum Gasteiger partial charge on any atom is 0.246 e. The van der Waals surface area contributed by atoms with E-state index in [0.717, 1.165) is 24.6 Å². The van der Waals surface area contributed by atoms with Crippen molar-refractivity contribution in [3.8, 4) is 0 Å². The number of nitrogens with zero attached hydrogens (tertiary/aromatic N) is 3. The zero-order chi connectivity index (χ0) is 16.9. The summed E-state index contributed by atoms with van der Waals surface area (Å²) in [5, 5.41) is 0. The van der Waals surface area contributed by atoms with Crippen LogP contribution < -0.4 is 0 Å². The van der Waals surface area contributed by atoms with Gasteiger partial charge in [0.2, 0.25) is 5.91 Å². The Morgan fingerprint density at radius 2 is 2.17 bits per heavy atom. The molecule has 0 N–H and O–H groups in total. The second kappa shape index (κ2) is 7.29. The number of aromatic nitrogens is 2. The van der Waals surface area contributed by atoms with Gasteiger partial charge in [-0.1, -0.05) is 12.1 Å². The van der Waals surface area contributed by atoms with E-state index in [1.807, 2.05) is 6.07 Å². The first-order valence-corrected chi connectivity index (χ1v) is 7.82. The molecule has 0 bridgehead atoms. The zero-order valence-electron chi connectivity index (χ0n) is 13.0. The van der Waals surface area contributed by atoms with Gasteiger partial charge in [-0.3, -0.25) is 4.79 Å². The van der Waals surface area contributed by atoms with Crippen molar-refractivity contribution in [3.63, 3.8) is 0 Å². The summed E-state index contributed by atoms with van der Waals surface area (Å²) in [6.07, 6.45) is 7.64. The second-order valence-electron chi connectivity index (χ2n) is 5.73. The highest BCUT2D eigenvalue weighted by atomic mass is 19.2. The molecule has 1 amide bonds. The highest BCUT2D eigenvalue weighted by Gasteiger charge is 2.24. The summed E-state index contributed by atoms with van der Waals surface area (Å²) >= 11 is 0. The van der Waals surface area contributed by atoms with Crippen molar-refractivity contribution in [1.29, 1.82) is 0 Å². The van der Waals surface area contributed by atoms with E-state index in [-0.39, 0.29) is 17.4 Å². The van der Waals surface area contributed by atoms with E-state index < -0.39 is 11.6 Å².